The van der Waals surface area contributed by atoms with E-state index >= 15 is 0 Å². The number of nitrogens with two attached hydrogens (primary N) is 2. The van der Waals surface area contributed by atoms with Crippen molar-refractivity contribution < 1.29 is 18.8 Å². The molecule has 0 aliphatic heterocycles. The van der Waals surface area contributed by atoms with Gasteiger partial charge in [0.2, 0.25) is 5.91 Å². The monoisotopic (exact) mass is 551 g/mol. The molecule has 0 spiro atoms. The molecule has 0 bridgehead atoms. The summed E-state index contributed by atoms with van der Waals surface area (Å²) in [6, 6.07) is 20.2. The molecular weight excluding hydrogens is 529 g/mol. The maximum absolute atomic E-state index is 13.9. The minimum atomic E-state index is -1.21. The summed E-state index contributed by atoms with van der Waals surface area (Å²) in [4.78, 5) is 40.6. The standard InChI is InChI=1S/C27H23ClFN5O3S/c28-20-9-5-4-8-18(20)15-34(27(37)24-21(30)22(25(31)35)33-38-24)23(17-10-12-19(29)13-11-17)26(36)32-14-16-6-2-1-3-7-16/h1-13,23H,14-15,30H2,(H2,31,35)(H,32,36). The summed E-state index contributed by atoms with van der Waals surface area (Å²) in [5.74, 6) is -2.57. The molecule has 0 aliphatic rings. The molecule has 3 amide bonds. The fourth-order valence-corrected chi connectivity index (χ4v) is 4.81. The van der Waals surface area contributed by atoms with Crippen LogP contribution in [-0.4, -0.2) is 27.0 Å². The third-order valence-corrected chi connectivity index (χ3v) is 6.99. The zero-order valence-electron chi connectivity index (χ0n) is 19.9. The molecule has 1 unspecified atom stereocenters. The van der Waals surface area contributed by atoms with Crippen molar-refractivity contribution in [3.63, 3.8) is 0 Å². The van der Waals surface area contributed by atoms with Crippen molar-refractivity contribution >= 4 is 46.5 Å². The second-order valence-corrected chi connectivity index (χ2v) is 9.50. The van der Waals surface area contributed by atoms with Crippen molar-refractivity contribution in [1.29, 1.82) is 0 Å². The van der Waals surface area contributed by atoms with Gasteiger partial charge >= 0.3 is 0 Å². The highest BCUT2D eigenvalue weighted by Gasteiger charge is 2.35. The van der Waals surface area contributed by atoms with Crippen LogP contribution in [0, 0.1) is 5.82 Å². The van der Waals surface area contributed by atoms with E-state index in [1.807, 2.05) is 30.3 Å². The van der Waals surface area contributed by atoms with Crippen LogP contribution in [-0.2, 0) is 17.9 Å². The number of anilines is 1. The Labute approximate surface area is 227 Å². The highest BCUT2D eigenvalue weighted by atomic mass is 35.5. The summed E-state index contributed by atoms with van der Waals surface area (Å²) in [5.41, 5.74) is 12.7. The van der Waals surface area contributed by atoms with Crippen LogP contribution >= 0.6 is 23.1 Å². The molecule has 0 saturated heterocycles. The van der Waals surface area contributed by atoms with Crippen molar-refractivity contribution in [1.82, 2.24) is 14.6 Å². The molecule has 1 atom stereocenters. The predicted molar refractivity (Wildman–Crippen MR) is 144 cm³/mol. The van der Waals surface area contributed by atoms with Crippen molar-refractivity contribution in [3.8, 4) is 0 Å². The topological polar surface area (TPSA) is 131 Å². The molecule has 0 saturated carbocycles. The lowest BCUT2D eigenvalue weighted by atomic mass is 10.0. The largest absolute Gasteiger partial charge is 0.395 e. The number of aromatic nitrogens is 1. The second kappa shape index (κ2) is 11.8. The third-order valence-electron chi connectivity index (χ3n) is 5.77. The van der Waals surface area contributed by atoms with Gasteiger partial charge in [0.25, 0.3) is 11.8 Å². The molecule has 8 nitrogen and oxygen atoms in total. The van der Waals surface area contributed by atoms with Gasteiger partial charge in [-0.05, 0) is 46.4 Å². The van der Waals surface area contributed by atoms with Crippen molar-refractivity contribution in [2.75, 3.05) is 5.73 Å². The maximum Gasteiger partial charge on any atom is 0.270 e. The van der Waals surface area contributed by atoms with Gasteiger partial charge in [-0.15, -0.1) is 0 Å². The Morgan fingerprint density at radius 1 is 1.00 bits per heavy atom. The maximum atomic E-state index is 13.9. The molecule has 5 N–H and O–H groups in total. The Kier molecular flexibility index (Phi) is 8.35. The van der Waals surface area contributed by atoms with Crippen LogP contribution in [0.5, 0.6) is 0 Å². The van der Waals surface area contributed by atoms with Crippen LogP contribution in [0.2, 0.25) is 5.02 Å². The lowest BCUT2D eigenvalue weighted by Gasteiger charge is -2.31. The van der Waals surface area contributed by atoms with Crippen LogP contribution in [0.4, 0.5) is 10.1 Å². The lowest BCUT2D eigenvalue weighted by molar-refractivity contribution is -0.126. The van der Waals surface area contributed by atoms with Gasteiger partial charge in [0.05, 0.1) is 5.69 Å². The average molecular weight is 552 g/mol. The molecule has 4 rings (SSSR count). The van der Waals surface area contributed by atoms with E-state index in [9.17, 15) is 18.8 Å². The van der Waals surface area contributed by atoms with E-state index in [0.717, 1.165) is 5.56 Å². The molecule has 0 fully saturated rings. The molecule has 4 aromatic rings. The van der Waals surface area contributed by atoms with Crippen molar-refractivity contribution in [2.45, 2.75) is 19.1 Å². The highest BCUT2D eigenvalue weighted by molar-refractivity contribution is 7.09. The van der Waals surface area contributed by atoms with E-state index in [2.05, 4.69) is 9.69 Å². The number of nitrogen functional groups attached to an aromatic ring is 1. The first-order valence-electron chi connectivity index (χ1n) is 11.4. The highest BCUT2D eigenvalue weighted by Crippen LogP contribution is 2.31. The second-order valence-electron chi connectivity index (χ2n) is 8.32. The van der Waals surface area contributed by atoms with Gasteiger partial charge in [-0.3, -0.25) is 14.4 Å². The molecule has 3 aromatic carbocycles. The molecule has 194 valence electrons. The third kappa shape index (κ3) is 5.99. The first kappa shape index (κ1) is 26.8. The Hall–Kier alpha value is -4.28. The Morgan fingerprint density at radius 3 is 2.29 bits per heavy atom. The predicted octanol–water partition coefficient (Wildman–Crippen LogP) is 4.32. The van der Waals surface area contributed by atoms with Gasteiger partial charge in [0.15, 0.2) is 5.69 Å². The molecule has 38 heavy (non-hydrogen) atoms. The fourth-order valence-electron chi connectivity index (χ4n) is 3.85. The average Bonchev–Trinajstić information content (AvgIpc) is 3.31. The number of rotatable bonds is 9. The SMILES string of the molecule is NC(=O)c1nsc(C(=O)N(Cc2ccccc2Cl)C(C(=O)NCc2ccccc2)c2ccc(F)cc2)c1N. The summed E-state index contributed by atoms with van der Waals surface area (Å²) in [6.07, 6.45) is 0. The number of primary amides is 1. The normalized spacial score (nSPS) is 11.5. The van der Waals surface area contributed by atoms with Gasteiger partial charge in [-0.1, -0.05) is 72.3 Å². The summed E-state index contributed by atoms with van der Waals surface area (Å²) in [6.45, 7) is 0.0998. The van der Waals surface area contributed by atoms with E-state index in [0.29, 0.717) is 27.7 Å². The summed E-state index contributed by atoms with van der Waals surface area (Å²) in [7, 11) is 0. The van der Waals surface area contributed by atoms with E-state index in [4.69, 9.17) is 23.1 Å². The number of amides is 3. The van der Waals surface area contributed by atoms with Crippen molar-refractivity contribution in [3.05, 3.63) is 117 Å². The molecular formula is C27H23ClFN5O3S. The van der Waals surface area contributed by atoms with Crippen LogP contribution in [0.1, 0.15) is 42.9 Å². The van der Waals surface area contributed by atoms with Gasteiger partial charge in [0, 0.05) is 18.1 Å². The minimum absolute atomic E-state index is 0.0613. The van der Waals surface area contributed by atoms with Crippen molar-refractivity contribution in [2.24, 2.45) is 5.73 Å². The zero-order chi connectivity index (χ0) is 27.2. The van der Waals surface area contributed by atoms with Crippen LogP contribution in [0.3, 0.4) is 0 Å². The summed E-state index contributed by atoms with van der Waals surface area (Å²) < 4.78 is 17.7. The van der Waals surface area contributed by atoms with Gasteiger partial charge < -0.3 is 21.7 Å². The number of carbonyl (C=O) groups is 3. The number of nitrogens with one attached hydrogen (secondary N) is 1. The lowest BCUT2D eigenvalue weighted by Crippen LogP contribution is -2.43. The Balaban J connectivity index is 1.79. The molecule has 1 heterocycles. The first-order valence-corrected chi connectivity index (χ1v) is 12.6. The molecule has 0 radical (unpaired) electrons. The van der Waals surface area contributed by atoms with E-state index < -0.39 is 29.6 Å². The molecule has 0 aliphatic carbocycles. The summed E-state index contributed by atoms with van der Waals surface area (Å²) in [5, 5.41) is 3.24. The number of halogens is 2. The number of hydrogen-bond acceptors (Lipinski definition) is 6. The Bertz CT molecular complexity index is 1460. The fraction of sp³-hybridized carbons (Fsp3) is 0.111. The minimum Gasteiger partial charge on any atom is -0.395 e. The molecule has 1 aromatic heterocycles. The van der Waals surface area contributed by atoms with Gasteiger partial charge in [-0.2, -0.15) is 4.37 Å². The quantitative estimate of drug-likeness (QED) is 0.285. The Morgan fingerprint density at radius 2 is 1.66 bits per heavy atom. The smallest absolute Gasteiger partial charge is 0.270 e. The first-order chi connectivity index (χ1) is 18.3. The van der Waals surface area contributed by atoms with Crippen LogP contribution in [0.25, 0.3) is 0 Å². The molecule has 11 heteroatoms. The van der Waals surface area contributed by atoms with Crippen LogP contribution < -0.4 is 16.8 Å². The van der Waals surface area contributed by atoms with Gasteiger partial charge in [-0.25, -0.2) is 4.39 Å². The van der Waals surface area contributed by atoms with E-state index in [1.165, 1.54) is 29.2 Å². The zero-order valence-corrected chi connectivity index (χ0v) is 21.5. The van der Waals surface area contributed by atoms with Crippen LogP contribution in [0.15, 0.2) is 78.9 Å². The summed E-state index contributed by atoms with van der Waals surface area (Å²) >= 11 is 7.11. The number of benzene rings is 3. The van der Waals surface area contributed by atoms with E-state index in [1.54, 1.807) is 24.3 Å². The number of carbonyl (C=O) groups excluding carboxylic acids is 3. The van der Waals surface area contributed by atoms with E-state index in [-0.39, 0.29) is 29.3 Å². The number of hydrogen-bond donors (Lipinski definition) is 3. The van der Waals surface area contributed by atoms with Gasteiger partial charge in [0.1, 0.15) is 16.7 Å². The number of nitrogens with zero attached hydrogens (tertiary/aromatic N) is 2.